The molecule has 6 nitrogen and oxygen atoms in total. The zero-order chi connectivity index (χ0) is 21.1. The third-order valence-corrected chi connectivity index (χ3v) is 9.13. The van der Waals surface area contributed by atoms with Crippen LogP contribution in [0, 0.1) is 5.92 Å². The molecule has 1 atom stereocenters. The minimum atomic E-state index is -3.24. The van der Waals surface area contributed by atoms with Crippen molar-refractivity contribution in [3.05, 3.63) is 29.3 Å². The van der Waals surface area contributed by atoms with Crippen LogP contribution in [0.25, 0.3) is 0 Å². The molecule has 0 saturated carbocycles. The second-order valence-electron chi connectivity index (χ2n) is 9.14. The molecule has 3 heterocycles. The van der Waals surface area contributed by atoms with Crippen LogP contribution < -0.4 is 4.74 Å². The molecule has 0 unspecified atom stereocenters. The third kappa shape index (κ3) is 5.74. The van der Waals surface area contributed by atoms with Crippen LogP contribution in [-0.2, 0) is 23.1 Å². The van der Waals surface area contributed by atoms with E-state index >= 15 is 0 Å². The van der Waals surface area contributed by atoms with E-state index in [4.69, 9.17) is 4.74 Å². The van der Waals surface area contributed by atoms with Gasteiger partial charge in [-0.1, -0.05) is 19.1 Å². The van der Waals surface area contributed by atoms with E-state index in [1.165, 1.54) is 11.1 Å². The fraction of sp³-hybridized carbons (Fsp3) is 0.739. The Hall–Kier alpha value is -0.860. The lowest BCUT2D eigenvalue weighted by molar-refractivity contribution is 0.150. The summed E-state index contributed by atoms with van der Waals surface area (Å²) < 4.78 is 34.6. The smallest absolute Gasteiger partial charge is 0.281 e. The monoisotopic (exact) mass is 471 g/mol. The van der Waals surface area contributed by atoms with Crippen molar-refractivity contribution in [2.75, 3.05) is 45.9 Å². The summed E-state index contributed by atoms with van der Waals surface area (Å²) in [6.45, 7) is 10.2. The van der Waals surface area contributed by atoms with Gasteiger partial charge in [-0.05, 0) is 68.7 Å². The highest BCUT2D eigenvalue weighted by atomic mass is 35.5. The van der Waals surface area contributed by atoms with Crippen LogP contribution in [0.15, 0.2) is 18.2 Å². The molecule has 2 saturated heterocycles. The van der Waals surface area contributed by atoms with Crippen molar-refractivity contribution >= 4 is 22.6 Å². The van der Waals surface area contributed by atoms with Gasteiger partial charge in [-0.25, -0.2) is 0 Å². The first-order valence-electron chi connectivity index (χ1n) is 11.7. The van der Waals surface area contributed by atoms with Gasteiger partial charge in [0.15, 0.2) is 0 Å². The number of halogens is 1. The molecule has 0 bridgehead atoms. The van der Waals surface area contributed by atoms with Crippen molar-refractivity contribution in [3.63, 3.8) is 0 Å². The molecular formula is C23H38ClN3O3S. The molecule has 0 aromatic heterocycles. The van der Waals surface area contributed by atoms with Crippen molar-refractivity contribution in [3.8, 4) is 5.75 Å². The predicted octanol–water partition coefficient (Wildman–Crippen LogP) is 3.35. The molecule has 176 valence electrons. The fourth-order valence-corrected chi connectivity index (χ4v) is 6.91. The minimum Gasteiger partial charge on any atom is -0.493 e. The molecule has 8 heteroatoms. The van der Waals surface area contributed by atoms with E-state index in [2.05, 4.69) is 36.9 Å². The Kier molecular flexibility index (Phi) is 8.66. The number of fused-ring (bicyclic) bond motifs is 1. The van der Waals surface area contributed by atoms with Crippen LogP contribution in [0.1, 0.15) is 50.7 Å². The number of nitrogens with zero attached hydrogens (tertiary/aromatic N) is 3. The number of rotatable bonds is 8. The lowest BCUT2D eigenvalue weighted by Crippen LogP contribution is -2.48. The third-order valence-electron chi connectivity index (χ3n) is 7.10. The Balaban J connectivity index is 0.00000272. The predicted molar refractivity (Wildman–Crippen MR) is 127 cm³/mol. The number of piperidine rings is 1. The highest BCUT2D eigenvalue weighted by Gasteiger charge is 2.34. The van der Waals surface area contributed by atoms with E-state index in [1.54, 1.807) is 8.61 Å². The van der Waals surface area contributed by atoms with Crippen LogP contribution in [0.3, 0.4) is 0 Å². The minimum absolute atomic E-state index is 0. The first kappa shape index (κ1) is 24.8. The van der Waals surface area contributed by atoms with Gasteiger partial charge in [0.25, 0.3) is 10.2 Å². The van der Waals surface area contributed by atoms with Gasteiger partial charge < -0.3 is 9.64 Å². The second kappa shape index (κ2) is 10.8. The highest BCUT2D eigenvalue weighted by molar-refractivity contribution is 7.86. The van der Waals surface area contributed by atoms with Gasteiger partial charge in [0.05, 0.1) is 6.61 Å². The Morgan fingerprint density at radius 3 is 2.48 bits per heavy atom. The number of ether oxygens (including phenoxy) is 1. The number of hydrogen-bond acceptors (Lipinski definition) is 4. The van der Waals surface area contributed by atoms with E-state index in [-0.39, 0.29) is 12.4 Å². The molecule has 3 aliphatic rings. The van der Waals surface area contributed by atoms with Crippen LogP contribution in [-0.4, -0.2) is 73.8 Å². The molecule has 4 rings (SSSR count). The second-order valence-corrected chi connectivity index (χ2v) is 11.1. The number of hydrogen-bond donors (Lipinski definition) is 0. The molecule has 1 aromatic rings. The van der Waals surface area contributed by atoms with E-state index < -0.39 is 10.2 Å². The maximum atomic E-state index is 12.8. The molecule has 0 spiro atoms. The summed E-state index contributed by atoms with van der Waals surface area (Å²) in [6, 6.07) is 7.11. The summed E-state index contributed by atoms with van der Waals surface area (Å²) >= 11 is 0. The van der Waals surface area contributed by atoms with Crippen molar-refractivity contribution in [1.82, 2.24) is 13.5 Å². The zero-order valence-corrected chi connectivity index (χ0v) is 20.6. The fourth-order valence-electron chi connectivity index (χ4n) is 5.19. The van der Waals surface area contributed by atoms with E-state index in [9.17, 15) is 8.42 Å². The molecule has 0 aliphatic carbocycles. The van der Waals surface area contributed by atoms with Crippen molar-refractivity contribution in [2.24, 2.45) is 5.92 Å². The van der Waals surface area contributed by atoms with Crippen molar-refractivity contribution in [2.45, 2.75) is 58.4 Å². The van der Waals surface area contributed by atoms with Gasteiger partial charge in [-0.2, -0.15) is 17.0 Å². The standard InChI is InChI=1S/C23H37N3O3S.ClH/c1-3-24(19(2)16-21-6-7-23-22(17-21)10-15-29-23)18-20-8-13-26(14-9-20)30(27,28)25-11-4-5-12-25;/h6-7,17,19-20H,3-5,8-16,18H2,1-2H3;1H/t19-;/m0./s1. The normalized spacial score (nSPS) is 21.6. The molecule has 0 radical (unpaired) electrons. The van der Waals surface area contributed by atoms with Crippen LogP contribution in [0.4, 0.5) is 0 Å². The van der Waals surface area contributed by atoms with Crippen LogP contribution in [0.5, 0.6) is 5.75 Å². The molecule has 1 aromatic carbocycles. The Morgan fingerprint density at radius 1 is 1.13 bits per heavy atom. The first-order chi connectivity index (χ1) is 14.5. The molecule has 0 N–H and O–H groups in total. The molecule has 0 amide bonds. The van der Waals surface area contributed by atoms with Gasteiger partial charge >= 0.3 is 0 Å². The van der Waals surface area contributed by atoms with E-state index in [0.717, 1.165) is 64.0 Å². The quantitative estimate of drug-likeness (QED) is 0.583. The average molecular weight is 472 g/mol. The lowest BCUT2D eigenvalue weighted by atomic mass is 9.96. The molecule has 2 fully saturated rings. The zero-order valence-electron chi connectivity index (χ0n) is 19.0. The topological polar surface area (TPSA) is 53.1 Å². The first-order valence-corrected chi connectivity index (χ1v) is 13.1. The van der Waals surface area contributed by atoms with E-state index in [0.29, 0.717) is 38.1 Å². The summed E-state index contributed by atoms with van der Waals surface area (Å²) in [7, 11) is -3.24. The molecule has 3 aliphatic heterocycles. The summed E-state index contributed by atoms with van der Waals surface area (Å²) in [5.74, 6) is 1.63. The van der Waals surface area contributed by atoms with Gasteiger partial charge in [0.2, 0.25) is 0 Å². The van der Waals surface area contributed by atoms with Gasteiger partial charge in [0, 0.05) is 45.2 Å². The van der Waals surface area contributed by atoms with Crippen LogP contribution in [0.2, 0.25) is 0 Å². The summed E-state index contributed by atoms with van der Waals surface area (Å²) in [5.41, 5.74) is 2.73. The van der Waals surface area contributed by atoms with E-state index in [1.807, 2.05) is 0 Å². The maximum absolute atomic E-state index is 12.8. The van der Waals surface area contributed by atoms with Crippen molar-refractivity contribution < 1.29 is 13.2 Å². The van der Waals surface area contributed by atoms with Gasteiger partial charge in [-0.15, -0.1) is 12.4 Å². The molecule has 31 heavy (non-hydrogen) atoms. The SMILES string of the molecule is CCN(CC1CCN(S(=O)(=O)N2CCCC2)CC1)[C@@H](C)Cc1ccc2c(c1)CCO2.Cl. The lowest BCUT2D eigenvalue weighted by Gasteiger charge is -2.37. The van der Waals surface area contributed by atoms with Crippen molar-refractivity contribution in [1.29, 1.82) is 0 Å². The Morgan fingerprint density at radius 2 is 1.81 bits per heavy atom. The summed E-state index contributed by atoms with van der Waals surface area (Å²) in [4.78, 5) is 2.57. The number of benzene rings is 1. The Labute approximate surface area is 194 Å². The molecular weight excluding hydrogens is 434 g/mol. The van der Waals surface area contributed by atoms with Gasteiger partial charge in [-0.3, -0.25) is 0 Å². The Bertz CT molecular complexity index is 821. The summed E-state index contributed by atoms with van der Waals surface area (Å²) in [5, 5.41) is 0. The summed E-state index contributed by atoms with van der Waals surface area (Å²) in [6.07, 6.45) is 5.99. The largest absolute Gasteiger partial charge is 0.493 e. The van der Waals surface area contributed by atoms with Crippen LogP contribution >= 0.6 is 12.4 Å². The van der Waals surface area contributed by atoms with Gasteiger partial charge in [0.1, 0.15) is 5.75 Å². The highest BCUT2D eigenvalue weighted by Crippen LogP contribution is 2.28. The number of likely N-dealkylation sites (N-methyl/N-ethyl adjacent to an activating group) is 1. The average Bonchev–Trinajstić information content (AvgIpc) is 3.44. The maximum Gasteiger partial charge on any atom is 0.281 e.